The maximum Gasteiger partial charge on any atom is 0.326 e. The van der Waals surface area contributed by atoms with Crippen LogP contribution in [0.4, 0.5) is 0 Å². The zero-order valence-electron chi connectivity index (χ0n) is 16.9. The molecule has 3 heterocycles. The number of likely N-dealkylation sites (tertiary alicyclic amines) is 1. The molecule has 30 heavy (non-hydrogen) atoms. The van der Waals surface area contributed by atoms with Gasteiger partial charge in [-0.1, -0.05) is 32.0 Å². The van der Waals surface area contributed by atoms with Crippen LogP contribution in [0.2, 0.25) is 0 Å². The van der Waals surface area contributed by atoms with Crippen LogP contribution in [-0.2, 0) is 9.59 Å². The van der Waals surface area contributed by atoms with Gasteiger partial charge in [0, 0.05) is 22.8 Å². The molecule has 2 aromatic heterocycles. The molecule has 1 fully saturated rings. The maximum absolute atomic E-state index is 13.0. The van der Waals surface area contributed by atoms with Crippen LogP contribution in [0.5, 0.6) is 0 Å². The summed E-state index contributed by atoms with van der Waals surface area (Å²) < 4.78 is 0. The van der Waals surface area contributed by atoms with E-state index in [-0.39, 0.29) is 17.5 Å². The van der Waals surface area contributed by atoms with E-state index in [0.29, 0.717) is 19.4 Å². The van der Waals surface area contributed by atoms with Gasteiger partial charge in [-0.05, 0) is 30.9 Å². The van der Waals surface area contributed by atoms with Crippen LogP contribution < -0.4 is 5.32 Å². The van der Waals surface area contributed by atoms with Crippen LogP contribution in [0.1, 0.15) is 37.2 Å². The van der Waals surface area contributed by atoms with Crippen LogP contribution >= 0.6 is 0 Å². The second kappa shape index (κ2) is 7.78. The van der Waals surface area contributed by atoms with Gasteiger partial charge < -0.3 is 20.3 Å². The summed E-state index contributed by atoms with van der Waals surface area (Å²) in [6.45, 7) is 4.03. The van der Waals surface area contributed by atoms with Crippen LogP contribution in [0.25, 0.3) is 21.8 Å². The molecule has 3 aromatic rings. The van der Waals surface area contributed by atoms with Crippen molar-refractivity contribution in [2.75, 3.05) is 6.54 Å². The number of aromatic amines is 1. The van der Waals surface area contributed by atoms with Crippen molar-refractivity contribution in [2.24, 2.45) is 5.92 Å². The number of carboxylic acids is 1. The highest BCUT2D eigenvalue weighted by Gasteiger charge is 2.38. The second-order valence-electron chi connectivity index (χ2n) is 8.01. The fourth-order valence-corrected chi connectivity index (χ4v) is 4.07. The summed E-state index contributed by atoms with van der Waals surface area (Å²) in [6.07, 6.45) is 2.68. The van der Waals surface area contributed by atoms with E-state index >= 15 is 0 Å². The first-order chi connectivity index (χ1) is 14.4. The molecule has 0 spiro atoms. The Kier molecular flexibility index (Phi) is 5.15. The topological polar surface area (TPSA) is 115 Å². The summed E-state index contributed by atoms with van der Waals surface area (Å²) in [5.41, 5.74) is 1.99. The number of amides is 2. The number of benzene rings is 1. The van der Waals surface area contributed by atoms with E-state index < -0.39 is 24.0 Å². The number of hydrogen-bond donors (Lipinski definition) is 3. The lowest BCUT2D eigenvalue weighted by molar-refractivity contribution is -0.149. The Morgan fingerprint density at radius 3 is 2.70 bits per heavy atom. The van der Waals surface area contributed by atoms with E-state index in [1.807, 2.05) is 38.1 Å². The van der Waals surface area contributed by atoms with E-state index in [0.717, 1.165) is 21.8 Å². The fraction of sp³-hybridized carbons (Fsp3) is 0.364. The molecule has 156 valence electrons. The first-order valence-corrected chi connectivity index (χ1v) is 10.1. The van der Waals surface area contributed by atoms with Gasteiger partial charge in [0.25, 0.3) is 5.91 Å². The van der Waals surface area contributed by atoms with Crippen molar-refractivity contribution < 1.29 is 19.5 Å². The summed E-state index contributed by atoms with van der Waals surface area (Å²) in [7, 11) is 0. The zero-order valence-corrected chi connectivity index (χ0v) is 16.9. The summed E-state index contributed by atoms with van der Waals surface area (Å²) in [6, 6.07) is 7.83. The fourth-order valence-electron chi connectivity index (χ4n) is 4.07. The Hall–Kier alpha value is -3.42. The predicted molar refractivity (Wildman–Crippen MR) is 112 cm³/mol. The number of pyridine rings is 1. The lowest BCUT2D eigenvalue weighted by Crippen LogP contribution is -2.53. The molecule has 8 heteroatoms. The molecule has 4 rings (SSSR count). The lowest BCUT2D eigenvalue weighted by Gasteiger charge is -2.29. The number of carbonyl (C=O) groups is 3. The number of para-hydroxylation sites is 1. The lowest BCUT2D eigenvalue weighted by atomic mass is 10.0. The Morgan fingerprint density at radius 2 is 1.97 bits per heavy atom. The van der Waals surface area contributed by atoms with Crippen molar-refractivity contribution in [3.63, 3.8) is 0 Å². The van der Waals surface area contributed by atoms with E-state index in [1.54, 1.807) is 12.3 Å². The van der Waals surface area contributed by atoms with Gasteiger partial charge in [0.05, 0.1) is 11.7 Å². The molecule has 1 aliphatic rings. The molecule has 8 nitrogen and oxygen atoms in total. The summed E-state index contributed by atoms with van der Waals surface area (Å²) in [5, 5.41) is 14.0. The second-order valence-corrected chi connectivity index (χ2v) is 8.01. The zero-order chi connectivity index (χ0) is 21.4. The van der Waals surface area contributed by atoms with Gasteiger partial charge in [-0.3, -0.25) is 9.59 Å². The van der Waals surface area contributed by atoms with Crippen LogP contribution in [0.3, 0.4) is 0 Å². The molecule has 0 radical (unpaired) electrons. The molecule has 0 aliphatic carbocycles. The number of rotatable bonds is 5. The Bertz CT molecular complexity index is 1140. The molecule has 0 saturated carbocycles. The van der Waals surface area contributed by atoms with Crippen molar-refractivity contribution in [3.05, 3.63) is 42.2 Å². The molecule has 1 aliphatic heterocycles. The monoisotopic (exact) mass is 408 g/mol. The molecule has 0 bridgehead atoms. The van der Waals surface area contributed by atoms with E-state index in [2.05, 4.69) is 15.3 Å². The van der Waals surface area contributed by atoms with Crippen LogP contribution in [0, 0.1) is 5.92 Å². The number of aromatic nitrogens is 2. The number of aliphatic carboxylic acids is 1. The summed E-state index contributed by atoms with van der Waals surface area (Å²) in [5.74, 6) is -2.04. The molecule has 1 aromatic carbocycles. The van der Waals surface area contributed by atoms with Crippen LogP contribution in [0.15, 0.2) is 36.5 Å². The first kappa shape index (κ1) is 19.9. The highest BCUT2D eigenvalue weighted by molar-refractivity contribution is 6.09. The third-order valence-electron chi connectivity index (χ3n) is 5.66. The predicted octanol–water partition coefficient (Wildman–Crippen LogP) is 2.55. The first-order valence-electron chi connectivity index (χ1n) is 10.1. The number of fused-ring (bicyclic) bond motifs is 3. The molecule has 2 unspecified atom stereocenters. The number of hydrogen-bond acceptors (Lipinski definition) is 4. The third-order valence-corrected chi connectivity index (χ3v) is 5.66. The standard InChI is InChI=1S/C22H24N4O4/c1-12(2)19(21(28)26-9-5-8-18(26)22(29)30)25-20(27)16-10-14-13-6-3-4-7-15(13)24-17(14)11-23-16/h3-4,6-7,10-12,18-19,24H,5,8-9H2,1-2H3,(H,25,27)(H,29,30). The SMILES string of the molecule is CC(C)C(NC(=O)c1cc2c(cn1)[nH]c1ccccc12)C(=O)N1CCCC1C(=O)O. The number of carbonyl (C=O) groups excluding carboxylic acids is 2. The van der Waals surface area contributed by atoms with Gasteiger partial charge >= 0.3 is 5.97 Å². The van der Waals surface area contributed by atoms with Gasteiger partial charge in [0.2, 0.25) is 5.91 Å². The van der Waals surface area contributed by atoms with Gasteiger partial charge in [-0.15, -0.1) is 0 Å². The highest BCUT2D eigenvalue weighted by atomic mass is 16.4. The van der Waals surface area contributed by atoms with Gasteiger partial charge in [-0.2, -0.15) is 0 Å². The van der Waals surface area contributed by atoms with Gasteiger partial charge in [0.15, 0.2) is 0 Å². The Labute approximate surface area is 173 Å². The largest absolute Gasteiger partial charge is 0.480 e. The molecular formula is C22H24N4O4. The minimum Gasteiger partial charge on any atom is -0.480 e. The number of H-pyrrole nitrogens is 1. The van der Waals surface area contributed by atoms with E-state index in [9.17, 15) is 19.5 Å². The molecule has 1 saturated heterocycles. The molecule has 2 amide bonds. The minimum atomic E-state index is -1.01. The smallest absolute Gasteiger partial charge is 0.326 e. The molecular weight excluding hydrogens is 384 g/mol. The van der Waals surface area contributed by atoms with Crippen molar-refractivity contribution in [2.45, 2.75) is 38.8 Å². The van der Waals surface area contributed by atoms with Crippen LogP contribution in [-0.4, -0.2) is 56.4 Å². The van der Waals surface area contributed by atoms with E-state index in [4.69, 9.17) is 0 Å². The quantitative estimate of drug-likeness (QED) is 0.600. The summed E-state index contributed by atoms with van der Waals surface area (Å²) in [4.78, 5) is 46.3. The van der Waals surface area contributed by atoms with Crippen molar-refractivity contribution in [1.82, 2.24) is 20.2 Å². The van der Waals surface area contributed by atoms with Gasteiger partial charge in [-0.25, -0.2) is 9.78 Å². The maximum atomic E-state index is 13.0. The van der Waals surface area contributed by atoms with Crippen molar-refractivity contribution >= 4 is 39.6 Å². The Balaban J connectivity index is 1.59. The molecule has 2 atom stereocenters. The van der Waals surface area contributed by atoms with Crippen molar-refractivity contribution in [3.8, 4) is 0 Å². The number of nitrogens with one attached hydrogen (secondary N) is 2. The highest BCUT2D eigenvalue weighted by Crippen LogP contribution is 2.25. The third kappa shape index (κ3) is 3.49. The number of nitrogens with zero attached hydrogens (tertiary/aromatic N) is 2. The van der Waals surface area contributed by atoms with E-state index in [1.165, 1.54) is 4.90 Å². The normalized spacial score (nSPS) is 17.6. The Morgan fingerprint density at radius 1 is 1.20 bits per heavy atom. The summed E-state index contributed by atoms with van der Waals surface area (Å²) >= 11 is 0. The van der Waals surface area contributed by atoms with Crippen molar-refractivity contribution in [1.29, 1.82) is 0 Å². The average Bonchev–Trinajstić information content (AvgIpc) is 3.35. The van der Waals surface area contributed by atoms with Gasteiger partial charge in [0.1, 0.15) is 17.8 Å². The molecule has 3 N–H and O–H groups in total. The number of carboxylic acid groups (broad SMARTS) is 1. The minimum absolute atomic E-state index is 0.201. The average molecular weight is 408 g/mol.